The van der Waals surface area contributed by atoms with Crippen LogP contribution in [0.5, 0.6) is 0 Å². The van der Waals surface area contributed by atoms with Crippen molar-refractivity contribution >= 4 is 28.9 Å². The van der Waals surface area contributed by atoms with Crippen molar-refractivity contribution in [2.75, 3.05) is 0 Å². The van der Waals surface area contributed by atoms with Crippen molar-refractivity contribution in [3.63, 3.8) is 0 Å². The average Bonchev–Trinajstić information content (AvgIpc) is 2.98. The molecule has 0 N–H and O–H groups in total. The monoisotopic (exact) mass is 428 g/mol. The van der Waals surface area contributed by atoms with Gasteiger partial charge in [-0.1, -0.05) is 55.8 Å². The number of alkyl halides is 3. The molecule has 2 aromatic rings. The Bertz CT molecular complexity index is 901. The molecule has 0 radical (unpaired) electrons. The van der Waals surface area contributed by atoms with Crippen LogP contribution in [-0.4, -0.2) is 12.1 Å². The highest BCUT2D eigenvalue weighted by atomic mass is 35.5. The Morgan fingerprint density at radius 1 is 1.29 bits per heavy atom. The van der Waals surface area contributed by atoms with E-state index in [4.69, 9.17) is 16.3 Å². The number of ether oxygens (including phenoxy) is 1. The Morgan fingerprint density at radius 2 is 2.00 bits per heavy atom. The van der Waals surface area contributed by atoms with E-state index in [1.807, 2.05) is 42.6 Å². The lowest BCUT2D eigenvalue weighted by Crippen LogP contribution is -2.11. The standard InChI is InChI=1S/C21H20ClF3O2S/c1-12-13(6-4-7-14(12)16-8-5-9-28-16)11-27-19(26)18-15(20(18,2)3)10-17(22)21(23,24)25/h4-10,15,18H,11H2,1-3H3/t15-,18-/m0/s1. The zero-order valence-corrected chi connectivity index (χ0v) is 17.2. The summed E-state index contributed by atoms with van der Waals surface area (Å²) < 4.78 is 43.5. The summed E-state index contributed by atoms with van der Waals surface area (Å²) in [6.45, 7) is 5.53. The van der Waals surface area contributed by atoms with Gasteiger partial charge >= 0.3 is 12.1 Å². The number of hydrogen-bond acceptors (Lipinski definition) is 3. The maximum atomic E-state index is 12.7. The van der Waals surface area contributed by atoms with Gasteiger partial charge in [0, 0.05) is 4.88 Å². The number of halogens is 4. The van der Waals surface area contributed by atoms with Crippen LogP contribution in [0, 0.1) is 24.2 Å². The van der Waals surface area contributed by atoms with E-state index in [1.54, 1.807) is 25.2 Å². The predicted molar refractivity (Wildman–Crippen MR) is 105 cm³/mol. The third-order valence-electron chi connectivity index (χ3n) is 5.36. The van der Waals surface area contributed by atoms with Gasteiger partial charge < -0.3 is 4.74 Å². The summed E-state index contributed by atoms with van der Waals surface area (Å²) in [5.41, 5.74) is 2.35. The topological polar surface area (TPSA) is 26.3 Å². The Labute approximate surface area is 171 Å². The number of carbonyl (C=O) groups excluding carboxylic acids is 1. The van der Waals surface area contributed by atoms with E-state index in [2.05, 4.69) is 0 Å². The van der Waals surface area contributed by atoms with Crippen LogP contribution in [0.15, 0.2) is 46.8 Å². The van der Waals surface area contributed by atoms with Gasteiger partial charge in [-0.3, -0.25) is 4.79 Å². The first kappa shape index (κ1) is 20.9. The summed E-state index contributed by atoms with van der Waals surface area (Å²) in [6, 6.07) is 9.80. The first-order valence-corrected chi connectivity index (χ1v) is 10.0. The molecular weight excluding hydrogens is 409 g/mol. The molecule has 0 saturated heterocycles. The second-order valence-electron chi connectivity index (χ2n) is 7.51. The summed E-state index contributed by atoms with van der Waals surface area (Å²) in [5.74, 6) is -1.73. The Morgan fingerprint density at radius 3 is 2.61 bits per heavy atom. The average molecular weight is 429 g/mol. The van der Waals surface area contributed by atoms with Crippen LogP contribution in [0.3, 0.4) is 0 Å². The lowest BCUT2D eigenvalue weighted by molar-refractivity contribution is -0.147. The molecule has 1 aliphatic rings. The zero-order chi connectivity index (χ0) is 20.7. The number of esters is 1. The maximum Gasteiger partial charge on any atom is 0.426 e. The number of benzene rings is 1. The van der Waals surface area contributed by atoms with Crippen molar-refractivity contribution < 1.29 is 22.7 Å². The molecule has 3 rings (SSSR count). The molecule has 1 saturated carbocycles. The van der Waals surface area contributed by atoms with E-state index in [1.165, 1.54) is 0 Å². The molecule has 1 fully saturated rings. The number of rotatable bonds is 5. The quantitative estimate of drug-likeness (QED) is 0.494. The second kappa shape index (κ2) is 7.56. The molecule has 0 bridgehead atoms. The van der Waals surface area contributed by atoms with E-state index in [0.717, 1.165) is 27.6 Å². The van der Waals surface area contributed by atoms with Gasteiger partial charge in [-0.2, -0.15) is 13.2 Å². The van der Waals surface area contributed by atoms with Crippen LogP contribution in [0.4, 0.5) is 13.2 Å². The van der Waals surface area contributed by atoms with Crippen molar-refractivity contribution in [3.8, 4) is 10.4 Å². The molecule has 150 valence electrons. The van der Waals surface area contributed by atoms with Crippen LogP contribution in [0.2, 0.25) is 0 Å². The summed E-state index contributed by atoms with van der Waals surface area (Å²) in [7, 11) is 0. The fourth-order valence-corrected chi connectivity index (χ4v) is 4.41. The van der Waals surface area contributed by atoms with Gasteiger partial charge in [0.2, 0.25) is 0 Å². The van der Waals surface area contributed by atoms with Gasteiger partial charge in [0.15, 0.2) is 0 Å². The Kier molecular flexibility index (Phi) is 5.65. The molecule has 28 heavy (non-hydrogen) atoms. The first-order chi connectivity index (χ1) is 13.0. The molecule has 0 spiro atoms. The highest BCUT2D eigenvalue weighted by Gasteiger charge is 2.62. The number of hydrogen-bond donors (Lipinski definition) is 0. The van der Waals surface area contributed by atoms with Crippen LogP contribution in [0.1, 0.15) is 25.0 Å². The van der Waals surface area contributed by atoms with Gasteiger partial charge in [0.05, 0.1) is 5.92 Å². The zero-order valence-electron chi connectivity index (χ0n) is 15.6. The van der Waals surface area contributed by atoms with Crippen LogP contribution < -0.4 is 0 Å². The lowest BCUT2D eigenvalue weighted by Gasteiger charge is -2.11. The van der Waals surface area contributed by atoms with E-state index in [0.29, 0.717) is 0 Å². The number of carbonyl (C=O) groups is 1. The van der Waals surface area contributed by atoms with Gasteiger partial charge in [0.25, 0.3) is 0 Å². The van der Waals surface area contributed by atoms with Crippen molar-refractivity contribution in [1.29, 1.82) is 0 Å². The third-order valence-corrected chi connectivity index (χ3v) is 6.61. The second-order valence-corrected chi connectivity index (χ2v) is 8.87. The highest BCUT2D eigenvalue weighted by molar-refractivity contribution is 7.13. The van der Waals surface area contributed by atoms with Crippen molar-refractivity contribution in [3.05, 3.63) is 57.9 Å². The molecule has 1 heterocycles. The van der Waals surface area contributed by atoms with Gasteiger partial charge in [-0.25, -0.2) is 0 Å². The van der Waals surface area contributed by atoms with Gasteiger partial charge in [0.1, 0.15) is 11.6 Å². The summed E-state index contributed by atoms with van der Waals surface area (Å²) >= 11 is 6.96. The smallest absolute Gasteiger partial charge is 0.426 e. The molecule has 2 nitrogen and oxygen atoms in total. The Hall–Kier alpha value is -1.79. The fraction of sp³-hybridized carbons (Fsp3) is 0.381. The van der Waals surface area contributed by atoms with Crippen LogP contribution >= 0.6 is 22.9 Å². The van der Waals surface area contributed by atoms with E-state index in [-0.39, 0.29) is 6.61 Å². The molecule has 1 aromatic carbocycles. The minimum absolute atomic E-state index is 0.0832. The SMILES string of the molecule is Cc1c(COC(=O)[C@@H]2[C@H](C=C(Cl)C(F)(F)F)C2(C)C)cccc1-c1cccs1. The fourth-order valence-electron chi connectivity index (χ4n) is 3.47. The van der Waals surface area contributed by atoms with E-state index >= 15 is 0 Å². The summed E-state index contributed by atoms with van der Waals surface area (Å²) in [5, 5.41) is 0.802. The van der Waals surface area contributed by atoms with Crippen LogP contribution in [-0.2, 0) is 16.1 Å². The predicted octanol–water partition coefficient (Wildman–Crippen LogP) is 6.72. The summed E-state index contributed by atoms with van der Waals surface area (Å²) in [6.07, 6.45) is -3.68. The van der Waals surface area contributed by atoms with Gasteiger partial charge in [-0.15, -0.1) is 11.3 Å². The highest BCUT2D eigenvalue weighted by Crippen LogP contribution is 2.60. The minimum atomic E-state index is -4.60. The largest absolute Gasteiger partial charge is 0.461 e. The minimum Gasteiger partial charge on any atom is -0.461 e. The molecular formula is C21H20ClF3O2S. The molecule has 1 aliphatic carbocycles. The molecule has 0 aliphatic heterocycles. The summed E-state index contributed by atoms with van der Waals surface area (Å²) in [4.78, 5) is 13.6. The number of thiophene rings is 1. The maximum absolute atomic E-state index is 12.7. The van der Waals surface area contributed by atoms with Crippen molar-refractivity contribution in [1.82, 2.24) is 0 Å². The molecule has 7 heteroatoms. The number of allylic oxidation sites excluding steroid dienone is 2. The molecule has 0 amide bonds. The van der Waals surface area contributed by atoms with E-state index in [9.17, 15) is 18.0 Å². The lowest BCUT2D eigenvalue weighted by atomic mass is 10.0. The van der Waals surface area contributed by atoms with Crippen molar-refractivity contribution in [2.24, 2.45) is 17.3 Å². The normalized spacial score (nSPS) is 21.5. The van der Waals surface area contributed by atoms with Crippen molar-refractivity contribution in [2.45, 2.75) is 33.6 Å². The first-order valence-electron chi connectivity index (χ1n) is 8.77. The molecule has 0 unspecified atom stereocenters. The van der Waals surface area contributed by atoms with Crippen LogP contribution in [0.25, 0.3) is 10.4 Å². The molecule has 2 atom stereocenters. The Balaban J connectivity index is 1.69. The molecule has 1 aromatic heterocycles. The van der Waals surface area contributed by atoms with E-state index < -0.39 is 34.4 Å². The third kappa shape index (κ3) is 4.13. The van der Waals surface area contributed by atoms with Gasteiger partial charge in [-0.05, 0) is 46.4 Å².